The van der Waals surface area contributed by atoms with Crippen LogP contribution in [0.3, 0.4) is 0 Å². The highest BCUT2D eigenvalue weighted by atomic mass is 127. The zero-order valence-corrected chi connectivity index (χ0v) is 16.0. The molecule has 1 aromatic rings. The Bertz CT molecular complexity index is 492. The molecule has 1 atom stereocenters. The van der Waals surface area contributed by atoms with E-state index in [2.05, 4.69) is 34.7 Å². The number of halogens is 1. The largest absolute Gasteiger partial charge is 0.469 e. The van der Waals surface area contributed by atoms with E-state index in [0.29, 0.717) is 19.0 Å². The van der Waals surface area contributed by atoms with Crippen LogP contribution in [0.4, 0.5) is 0 Å². The molecule has 1 aromatic carbocycles. The summed E-state index contributed by atoms with van der Waals surface area (Å²) in [7, 11) is 3.11. The van der Waals surface area contributed by atoms with Crippen molar-refractivity contribution < 1.29 is 9.53 Å². The minimum atomic E-state index is -0.228. The predicted molar refractivity (Wildman–Crippen MR) is 101 cm³/mol. The van der Waals surface area contributed by atoms with Gasteiger partial charge in [0.15, 0.2) is 5.96 Å². The summed E-state index contributed by atoms with van der Waals surface area (Å²) in [6, 6.07) is 8.32. The summed E-state index contributed by atoms with van der Waals surface area (Å²) in [4.78, 5) is 15.5. The third kappa shape index (κ3) is 6.64. The van der Waals surface area contributed by atoms with E-state index in [1.165, 1.54) is 18.2 Å². The minimum Gasteiger partial charge on any atom is -0.469 e. The quantitative estimate of drug-likeness (QED) is 0.322. The molecule has 0 amide bonds. The van der Waals surface area contributed by atoms with Crippen LogP contribution in [0, 0.1) is 5.92 Å². The molecule has 1 rings (SSSR count). The first-order valence-corrected chi connectivity index (χ1v) is 7.21. The number of ether oxygens (including phenoxy) is 1. The van der Waals surface area contributed by atoms with Gasteiger partial charge in [-0.2, -0.15) is 0 Å². The molecule has 124 valence electrons. The van der Waals surface area contributed by atoms with Crippen LogP contribution in [0.25, 0.3) is 0 Å². The van der Waals surface area contributed by atoms with E-state index in [0.717, 1.165) is 6.42 Å². The molecule has 1 unspecified atom stereocenters. The maximum absolute atomic E-state index is 11.4. The number of hydrogen-bond acceptors (Lipinski definition) is 3. The molecule has 0 bridgehead atoms. The molecule has 0 aromatic heterocycles. The topological polar surface area (TPSA) is 62.7 Å². The lowest BCUT2D eigenvalue weighted by atomic mass is 10.1. The number of carbonyl (C=O) groups is 1. The lowest BCUT2D eigenvalue weighted by molar-refractivity contribution is -0.144. The van der Waals surface area contributed by atoms with Crippen LogP contribution in [0.5, 0.6) is 0 Å². The van der Waals surface area contributed by atoms with Gasteiger partial charge in [0.05, 0.1) is 13.0 Å². The number of rotatable bonds is 6. The fourth-order valence-electron chi connectivity index (χ4n) is 2.01. The molecule has 0 fully saturated rings. The van der Waals surface area contributed by atoms with Gasteiger partial charge in [0.2, 0.25) is 0 Å². The summed E-state index contributed by atoms with van der Waals surface area (Å²) >= 11 is 0. The van der Waals surface area contributed by atoms with Crippen molar-refractivity contribution in [1.29, 1.82) is 0 Å². The Morgan fingerprint density at radius 1 is 1.27 bits per heavy atom. The average molecular weight is 419 g/mol. The highest BCUT2D eigenvalue weighted by molar-refractivity contribution is 14.0. The van der Waals surface area contributed by atoms with E-state index in [1.807, 2.05) is 19.1 Å². The Hall–Kier alpha value is -1.31. The Balaban J connectivity index is 0.00000441. The highest BCUT2D eigenvalue weighted by Gasteiger charge is 2.13. The smallest absolute Gasteiger partial charge is 0.310 e. The van der Waals surface area contributed by atoms with Gasteiger partial charge in [-0.3, -0.25) is 9.79 Å². The predicted octanol–water partition coefficient (Wildman–Crippen LogP) is 2.34. The molecule has 0 aliphatic rings. The van der Waals surface area contributed by atoms with Gasteiger partial charge < -0.3 is 15.4 Å². The molecule has 6 heteroatoms. The number of aryl methyl sites for hydroxylation is 1. The molecule has 0 spiro atoms. The summed E-state index contributed by atoms with van der Waals surface area (Å²) in [5.74, 6) is 0.238. The minimum absolute atomic E-state index is 0. The third-order valence-corrected chi connectivity index (χ3v) is 3.35. The van der Waals surface area contributed by atoms with Gasteiger partial charge in [-0.15, -0.1) is 24.0 Å². The Morgan fingerprint density at radius 2 is 1.91 bits per heavy atom. The lowest BCUT2D eigenvalue weighted by Gasteiger charge is -2.15. The van der Waals surface area contributed by atoms with Crippen LogP contribution in [0.15, 0.2) is 29.3 Å². The molecule has 2 N–H and O–H groups in total. The molecule has 0 aliphatic carbocycles. The molecule has 0 radical (unpaired) electrons. The number of methoxy groups -OCH3 is 1. The molecular weight excluding hydrogens is 393 g/mol. The fraction of sp³-hybridized carbons (Fsp3) is 0.500. The van der Waals surface area contributed by atoms with E-state index in [1.54, 1.807) is 7.05 Å². The molecule has 0 saturated heterocycles. The molecular formula is C16H26IN3O2. The first kappa shape index (κ1) is 20.7. The lowest BCUT2D eigenvalue weighted by Crippen LogP contribution is -2.40. The van der Waals surface area contributed by atoms with Crippen LogP contribution in [0.2, 0.25) is 0 Å². The fourth-order valence-corrected chi connectivity index (χ4v) is 2.01. The van der Waals surface area contributed by atoms with Crippen molar-refractivity contribution in [2.75, 3.05) is 20.7 Å². The zero-order chi connectivity index (χ0) is 15.7. The van der Waals surface area contributed by atoms with E-state index >= 15 is 0 Å². The summed E-state index contributed by atoms with van der Waals surface area (Å²) in [6.45, 7) is 5.15. The van der Waals surface area contributed by atoms with Gasteiger partial charge in [-0.1, -0.05) is 38.1 Å². The van der Waals surface area contributed by atoms with Crippen LogP contribution in [-0.4, -0.2) is 32.6 Å². The standard InChI is InChI=1S/C16H25N3O2.HI/c1-5-13-8-6-7-9-14(13)11-19-16(17-3)18-10-12(2)15(20)21-4;/h6-9,12H,5,10-11H2,1-4H3,(H2,17,18,19);1H. The second-order valence-electron chi connectivity index (χ2n) is 4.85. The second-order valence-corrected chi connectivity index (χ2v) is 4.85. The summed E-state index contributed by atoms with van der Waals surface area (Å²) in [6.07, 6.45) is 1.00. The summed E-state index contributed by atoms with van der Waals surface area (Å²) < 4.78 is 4.70. The SMILES string of the molecule is CCc1ccccc1CNC(=NC)NCC(C)C(=O)OC.I. The maximum atomic E-state index is 11.4. The number of guanidine groups is 1. The average Bonchev–Trinajstić information content (AvgIpc) is 2.54. The maximum Gasteiger partial charge on any atom is 0.310 e. The van der Waals surface area contributed by atoms with Crippen molar-refractivity contribution in [3.05, 3.63) is 35.4 Å². The first-order valence-electron chi connectivity index (χ1n) is 7.21. The zero-order valence-electron chi connectivity index (χ0n) is 13.7. The third-order valence-electron chi connectivity index (χ3n) is 3.35. The Kier molecular flexibility index (Phi) is 10.6. The van der Waals surface area contributed by atoms with Gasteiger partial charge in [-0.25, -0.2) is 0 Å². The van der Waals surface area contributed by atoms with Crippen LogP contribution >= 0.6 is 24.0 Å². The van der Waals surface area contributed by atoms with Crippen LogP contribution in [0.1, 0.15) is 25.0 Å². The first-order chi connectivity index (χ1) is 10.1. The highest BCUT2D eigenvalue weighted by Crippen LogP contribution is 2.08. The van der Waals surface area contributed by atoms with Crippen LogP contribution in [-0.2, 0) is 22.5 Å². The summed E-state index contributed by atoms with van der Waals surface area (Å²) in [5, 5.41) is 6.39. The molecule has 0 aliphatic heterocycles. The number of aliphatic imine (C=N–C) groups is 1. The van der Waals surface area contributed by atoms with Gasteiger partial charge in [0.1, 0.15) is 0 Å². The number of benzene rings is 1. The molecule has 5 nitrogen and oxygen atoms in total. The van der Waals surface area contributed by atoms with Crippen molar-refractivity contribution >= 4 is 35.9 Å². The van der Waals surface area contributed by atoms with Crippen molar-refractivity contribution in [2.24, 2.45) is 10.9 Å². The van der Waals surface area contributed by atoms with Crippen LogP contribution < -0.4 is 10.6 Å². The van der Waals surface area contributed by atoms with Gasteiger partial charge in [0, 0.05) is 20.1 Å². The van der Waals surface area contributed by atoms with Crippen molar-refractivity contribution in [3.8, 4) is 0 Å². The van der Waals surface area contributed by atoms with Gasteiger partial charge >= 0.3 is 5.97 Å². The van der Waals surface area contributed by atoms with E-state index in [4.69, 9.17) is 4.74 Å². The monoisotopic (exact) mass is 419 g/mol. The number of esters is 1. The van der Waals surface area contributed by atoms with Crippen molar-refractivity contribution in [3.63, 3.8) is 0 Å². The molecule has 22 heavy (non-hydrogen) atoms. The van der Waals surface area contributed by atoms with Crippen molar-refractivity contribution in [1.82, 2.24) is 10.6 Å². The van der Waals surface area contributed by atoms with E-state index < -0.39 is 0 Å². The number of nitrogens with zero attached hydrogens (tertiary/aromatic N) is 1. The Morgan fingerprint density at radius 3 is 2.45 bits per heavy atom. The number of hydrogen-bond donors (Lipinski definition) is 2. The number of nitrogens with one attached hydrogen (secondary N) is 2. The molecule has 0 heterocycles. The van der Waals surface area contributed by atoms with Gasteiger partial charge in [-0.05, 0) is 17.5 Å². The van der Waals surface area contributed by atoms with E-state index in [-0.39, 0.29) is 35.9 Å². The molecule has 0 saturated carbocycles. The van der Waals surface area contributed by atoms with Crippen molar-refractivity contribution in [2.45, 2.75) is 26.8 Å². The number of carbonyl (C=O) groups excluding carboxylic acids is 1. The van der Waals surface area contributed by atoms with Gasteiger partial charge in [0.25, 0.3) is 0 Å². The normalized spacial score (nSPS) is 12.1. The summed E-state index contributed by atoms with van der Waals surface area (Å²) in [5.41, 5.74) is 2.58. The second kappa shape index (κ2) is 11.3. The van der Waals surface area contributed by atoms with E-state index in [9.17, 15) is 4.79 Å². The Labute approximate surface area is 149 Å².